The minimum absolute atomic E-state index is 0.157. The number of aromatic nitrogens is 1. The van der Waals surface area contributed by atoms with E-state index < -0.39 is 0 Å². The van der Waals surface area contributed by atoms with Crippen molar-refractivity contribution < 1.29 is 4.79 Å². The number of carbonyl (C=O) groups excluding carboxylic acids is 1. The van der Waals surface area contributed by atoms with Crippen LogP contribution in [-0.2, 0) is 4.79 Å². The zero-order chi connectivity index (χ0) is 16.8. The normalized spacial score (nSPS) is 10.0. The summed E-state index contributed by atoms with van der Waals surface area (Å²) in [5.74, 6) is 0.333. The smallest absolute Gasteiger partial charge is 0.222 e. The predicted octanol–water partition coefficient (Wildman–Crippen LogP) is 4.21. The third-order valence-corrected chi connectivity index (χ3v) is 3.38. The number of rotatable bonds is 4. The molecule has 24 heavy (non-hydrogen) atoms. The van der Waals surface area contributed by atoms with Crippen molar-refractivity contribution in [1.82, 2.24) is 4.98 Å². The van der Waals surface area contributed by atoms with Gasteiger partial charge in [-0.25, -0.2) is 9.98 Å². The van der Waals surface area contributed by atoms with Gasteiger partial charge in [0, 0.05) is 30.3 Å². The van der Waals surface area contributed by atoms with Gasteiger partial charge < -0.3 is 5.32 Å². The molecule has 4 nitrogen and oxygen atoms in total. The van der Waals surface area contributed by atoms with Gasteiger partial charge in [0.2, 0.25) is 5.91 Å². The number of aliphatic imine (C=N–C) groups is 1. The molecule has 4 heteroatoms. The van der Waals surface area contributed by atoms with Crippen LogP contribution in [0.25, 0.3) is 0 Å². The molecule has 2 aromatic carbocycles. The highest BCUT2D eigenvalue weighted by molar-refractivity contribution is 6.14. The Morgan fingerprint density at radius 2 is 1.50 bits per heavy atom. The van der Waals surface area contributed by atoms with Crippen molar-refractivity contribution in [2.75, 3.05) is 5.32 Å². The van der Waals surface area contributed by atoms with Crippen LogP contribution in [0, 0.1) is 0 Å². The summed E-state index contributed by atoms with van der Waals surface area (Å²) in [4.78, 5) is 20.1. The third kappa shape index (κ3) is 3.93. The molecule has 1 aromatic heterocycles. The van der Waals surface area contributed by atoms with Gasteiger partial charge in [-0.3, -0.25) is 4.79 Å². The molecule has 3 rings (SSSR count). The predicted molar refractivity (Wildman–Crippen MR) is 96.7 cm³/mol. The summed E-state index contributed by atoms with van der Waals surface area (Å²) in [5.41, 5.74) is 3.66. The van der Waals surface area contributed by atoms with Gasteiger partial charge in [-0.1, -0.05) is 60.7 Å². The van der Waals surface area contributed by atoms with E-state index in [2.05, 4.69) is 10.3 Å². The van der Waals surface area contributed by atoms with E-state index >= 15 is 0 Å². The molecule has 0 fully saturated rings. The highest BCUT2D eigenvalue weighted by Crippen LogP contribution is 2.20. The minimum atomic E-state index is -0.157. The van der Waals surface area contributed by atoms with Crippen molar-refractivity contribution in [3.8, 4) is 0 Å². The minimum Gasteiger partial charge on any atom is -0.311 e. The van der Waals surface area contributed by atoms with Gasteiger partial charge in [0.05, 0.1) is 11.4 Å². The Balaban J connectivity index is 2.06. The Morgan fingerprint density at radius 1 is 0.917 bits per heavy atom. The van der Waals surface area contributed by atoms with Crippen LogP contribution in [0.4, 0.5) is 11.5 Å². The highest BCUT2D eigenvalue weighted by Gasteiger charge is 2.07. The summed E-state index contributed by atoms with van der Waals surface area (Å²) in [6, 6.07) is 23.6. The largest absolute Gasteiger partial charge is 0.311 e. The van der Waals surface area contributed by atoms with E-state index in [-0.39, 0.29) is 5.91 Å². The van der Waals surface area contributed by atoms with Crippen LogP contribution in [-0.4, -0.2) is 16.6 Å². The molecule has 0 aliphatic rings. The number of nitrogens with zero attached hydrogens (tertiary/aromatic N) is 2. The van der Waals surface area contributed by atoms with E-state index in [9.17, 15) is 4.79 Å². The molecule has 1 N–H and O–H groups in total. The summed E-state index contributed by atoms with van der Waals surface area (Å²) in [7, 11) is 0. The lowest BCUT2D eigenvalue weighted by Gasteiger charge is -2.08. The fourth-order valence-electron chi connectivity index (χ4n) is 2.35. The fourth-order valence-corrected chi connectivity index (χ4v) is 2.35. The van der Waals surface area contributed by atoms with Gasteiger partial charge in [0.1, 0.15) is 5.82 Å². The summed E-state index contributed by atoms with van der Waals surface area (Å²) >= 11 is 0. The molecule has 118 valence electrons. The van der Waals surface area contributed by atoms with Gasteiger partial charge in [0.25, 0.3) is 0 Å². The van der Waals surface area contributed by atoms with Crippen molar-refractivity contribution in [3.63, 3.8) is 0 Å². The lowest BCUT2D eigenvalue weighted by Crippen LogP contribution is -2.07. The maximum absolute atomic E-state index is 11.2. The number of amides is 1. The molecule has 0 atom stereocenters. The second-order valence-corrected chi connectivity index (χ2v) is 5.27. The Labute approximate surface area is 140 Å². The monoisotopic (exact) mass is 315 g/mol. The van der Waals surface area contributed by atoms with Crippen molar-refractivity contribution >= 4 is 23.1 Å². The van der Waals surface area contributed by atoms with Gasteiger partial charge in [-0.15, -0.1) is 0 Å². The molecular weight excluding hydrogens is 298 g/mol. The van der Waals surface area contributed by atoms with Gasteiger partial charge in [-0.2, -0.15) is 0 Å². The van der Waals surface area contributed by atoms with E-state index in [1.165, 1.54) is 6.92 Å². The number of hydrogen-bond acceptors (Lipinski definition) is 3. The second-order valence-electron chi connectivity index (χ2n) is 5.27. The zero-order valence-electron chi connectivity index (χ0n) is 13.3. The molecule has 1 heterocycles. The molecule has 1 amide bonds. The standard InChI is InChI=1S/C20H17N3O/c1-15(24)22-19-14-18(12-13-21-19)23-20(16-8-4-2-5-9-16)17-10-6-3-7-11-17/h2-14H,1H3,(H,21,22,24). The van der Waals surface area contributed by atoms with E-state index in [4.69, 9.17) is 4.99 Å². The number of nitrogens with one attached hydrogen (secondary N) is 1. The van der Waals surface area contributed by atoms with Crippen molar-refractivity contribution in [3.05, 3.63) is 90.1 Å². The van der Waals surface area contributed by atoms with Crippen LogP contribution >= 0.6 is 0 Å². The van der Waals surface area contributed by atoms with Crippen LogP contribution in [0.3, 0.4) is 0 Å². The molecule has 0 saturated heterocycles. The third-order valence-electron chi connectivity index (χ3n) is 3.38. The number of pyridine rings is 1. The topological polar surface area (TPSA) is 54.4 Å². The molecule has 3 aromatic rings. The number of hydrogen-bond donors (Lipinski definition) is 1. The Hall–Kier alpha value is -3.27. The first-order valence-corrected chi connectivity index (χ1v) is 7.65. The van der Waals surface area contributed by atoms with Crippen molar-refractivity contribution in [1.29, 1.82) is 0 Å². The second kappa shape index (κ2) is 7.33. The Bertz CT molecular complexity index is 817. The first kappa shape index (κ1) is 15.6. The summed E-state index contributed by atoms with van der Waals surface area (Å²) in [6.07, 6.45) is 1.64. The Morgan fingerprint density at radius 3 is 2.04 bits per heavy atom. The lowest BCUT2D eigenvalue weighted by atomic mass is 10.0. The molecule has 0 aliphatic heterocycles. The molecule has 0 unspecified atom stereocenters. The molecule has 0 bridgehead atoms. The SMILES string of the molecule is CC(=O)Nc1cc(N=C(c2ccccc2)c2ccccc2)ccn1. The van der Waals surface area contributed by atoms with Crippen LogP contribution in [0.5, 0.6) is 0 Å². The van der Waals surface area contributed by atoms with Crippen LogP contribution < -0.4 is 5.32 Å². The summed E-state index contributed by atoms with van der Waals surface area (Å²) < 4.78 is 0. The lowest BCUT2D eigenvalue weighted by molar-refractivity contribution is -0.114. The van der Waals surface area contributed by atoms with E-state index in [1.807, 2.05) is 66.7 Å². The molecule has 0 aliphatic carbocycles. The van der Waals surface area contributed by atoms with Crippen molar-refractivity contribution in [2.45, 2.75) is 6.92 Å². The maximum Gasteiger partial charge on any atom is 0.222 e. The zero-order valence-corrected chi connectivity index (χ0v) is 13.3. The average Bonchev–Trinajstić information content (AvgIpc) is 2.61. The molecule has 0 saturated carbocycles. The first-order chi connectivity index (χ1) is 11.7. The number of anilines is 1. The van der Waals surface area contributed by atoms with Crippen LogP contribution in [0.1, 0.15) is 18.1 Å². The molecular formula is C20H17N3O. The summed E-state index contributed by atoms with van der Waals surface area (Å²) in [5, 5.41) is 2.68. The number of carbonyl (C=O) groups is 1. The highest BCUT2D eigenvalue weighted by atomic mass is 16.1. The fraction of sp³-hybridized carbons (Fsp3) is 0.0500. The van der Waals surface area contributed by atoms with Crippen molar-refractivity contribution in [2.24, 2.45) is 4.99 Å². The Kier molecular flexibility index (Phi) is 4.77. The van der Waals surface area contributed by atoms with Gasteiger partial charge >= 0.3 is 0 Å². The molecule has 0 radical (unpaired) electrons. The average molecular weight is 315 g/mol. The number of benzene rings is 2. The first-order valence-electron chi connectivity index (χ1n) is 7.65. The van der Waals surface area contributed by atoms with Gasteiger partial charge in [-0.05, 0) is 6.07 Å². The van der Waals surface area contributed by atoms with Crippen LogP contribution in [0.2, 0.25) is 0 Å². The quantitative estimate of drug-likeness (QED) is 0.733. The molecule has 0 spiro atoms. The summed E-state index contributed by atoms with van der Waals surface area (Å²) in [6.45, 7) is 1.46. The van der Waals surface area contributed by atoms with Gasteiger partial charge in [0.15, 0.2) is 0 Å². The van der Waals surface area contributed by atoms with Crippen LogP contribution in [0.15, 0.2) is 84.0 Å². The maximum atomic E-state index is 11.2. The van der Waals surface area contributed by atoms with E-state index in [0.29, 0.717) is 5.82 Å². The van der Waals surface area contributed by atoms with E-state index in [1.54, 1.807) is 12.3 Å². The van der Waals surface area contributed by atoms with E-state index in [0.717, 1.165) is 22.5 Å².